The lowest BCUT2D eigenvalue weighted by molar-refractivity contribution is -0.771. The fraction of sp³-hybridized carbons (Fsp3) is 0.595. The zero-order valence-corrected chi connectivity index (χ0v) is 37.6. The molecular weight excluding hydrogens is 846 g/mol. The fourth-order valence-electron chi connectivity index (χ4n) is 7.30. The third-order valence-corrected chi connectivity index (χ3v) is 11.0. The highest BCUT2D eigenvalue weighted by Crippen LogP contribution is 2.45. The van der Waals surface area contributed by atoms with E-state index in [2.05, 4.69) is 37.3 Å². The van der Waals surface area contributed by atoms with E-state index in [9.17, 15) is 34.6 Å². The number of piperidine rings is 1. The van der Waals surface area contributed by atoms with Gasteiger partial charge in [-0.05, 0) is 75.0 Å². The van der Waals surface area contributed by atoms with Gasteiger partial charge in [-0.2, -0.15) is 5.26 Å². The Bertz CT molecular complexity index is 1860. The molecule has 22 nitrogen and oxygen atoms in total. The van der Waals surface area contributed by atoms with Gasteiger partial charge >= 0.3 is 17.9 Å². The van der Waals surface area contributed by atoms with Crippen LogP contribution in [0.25, 0.3) is 0 Å². The highest BCUT2D eigenvalue weighted by molar-refractivity contribution is 5.88. The molecule has 0 aromatic heterocycles. The molecule has 1 aliphatic heterocycles. The van der Waals surface area contributed by atoms with Gasteiger partial charge in [0.25, 0.3) is 11.0 Å². The van der Waals surface area contributed by atoms with Crippen LogP contribution in [-0.4, -0.2) is 150 Å². The van der Waals surface area contributed by atoms with Gasteiger partial charge in [0.1, 0.15) is 24.1 Å². The number of amides is 1. The van der Waals surface area contributed by atoms with E-state index in [4.69, 9.17) is 48.9 Å². The molecule has 0 bridgehead atoms. The Kier molecular flexibility index (Phi) is 22.7. The summed E-state index contributed by atoms with van der Waals surface area (Å²) in [5, 5.41) is 56.7. The topological polar surface area (TPSA) is 322 Å². The first-order valence-corrected chi connectivity index (χ1v) is 20.1. The molecule has 2 atom stereocenters. The summed E-state index contributed by atoms with van der Waals surface area (Å²) in [6, 6.07) is 14.1. The average Bonchev–Trinajstić information content (AvgIpc) is 3.21. The monoisotopic (exact) mass is 909 g/mol. The number of rotatable bonds is 25. The van der Waals surface area contributed by atoms with Crippen LogP contribution in [0.1, 0.15) is 70.4 Å². The van der Waals surface area contributed by atoms with Crippen molar-refractivity contribution in [2.24, 2.45) is 5.92 Å². The van der Waals surface area contributed by atoms with Crippen LogP contribution in [0.2, 0.25) is 0 Å². The number of hydrogen-bond acceptors (Lipinski definition) is 16. The lowest BCUT2D eigenvalue weighted by atomic mass is 9.69. The second kappa shape index (κ2) is 26.0. The second-order valence-corrected chi connectivity index (χ2v) is 15.5. The molecule has 0 radical (unpaired) electrons. The highest BCUT2D eigenvalue weighted by Gasteiger charge is 2.45. The number of carbonyl (C=O) groups excluding carboxylic acids is 1. The summed E-state index contributed by atoms with van der Waals surface area (Å²) < 4.78 is 28.2. The zero-order chi connectivity index (χ0) is 47.5. The second-order valence-electron chi connectivity index (χ2n) is 15.5. The SMILES string of the molecule is COCC(=O)NN1CCC(Oc2ccccc2CCN(C)CCCC(C#N)(c2cc(OC)c(OC)c(OC)c2)C(C)C)(C(C)O[N+](=O)[O-])CC1.O.O=C(O)CC(O)(CC(=O)O)C(=O)O. The number of para-hydroxylation sites is 1. The Morgan fingerprint density at radius 3 is 1.97 bits per heavy atom. The molecule has 1 aliphatic rings. The number of hydrogen-bond donors (Lipinski definition) is 5. The van der Waals surface area contributed by atoms with E-state index >= 15 is 0 Å². The van der Waals surface area contributed by atoms with Crippen molar-refractivity contribution in [3.05, 3.63) is 57.6 Å². The number of aliphatic carboxylic acids is 3. The standard InChI is InChI=1S/C36H53N5O9.C6H8O7.H2O/c1-26(2)35(25-37,29-22-31(46-6)34(48-8)32(23-29)47-7)15-11-18-39(4)19-14-28-12-9-10-13-30(28)49-36(27(3)50-41(43)44)16-20-40(21-17-36)38-33(42)24-45-5;7-3(8)1-6(13,5(11)12)2-4(9)10;/h9-10,12-13,22-23,26-27H,11,14-21,24H2,1-8H3,(H,38,42);13H,1-2H2,(H,7,8)(H,9,10)(H,11,12);1H2. The average molecular weight is 910 g/mol. The lowest BCUT2D eigenvalue weighted by Gasteiger charge is -2.44. The summed E-state index contributed by atoms with van der Waals surface area (Å²) in [5.41, 5.74) is 0.102. The summed E-state index contributed by atoms with van der Waals surface area (Å²) in [4.78, 5) is 61.2. The summed E-state index contributed by atoms with van der Waals surface area (Å²) in [7, 11) is 8.19. The lowest BCUT2D eigenvalue weighted by Crippen LogP contribution is -2.58. The molecular formula is C42H63N5O17. The molecule has 22 heteroatoms. The van der Waals surface area contributed by atoms with E-state index in [1.807, 2.05) is 36.4 Å². The number of ether oxygens (including phenoxy) is 5. The van der Waals surface area contributed by atoms with Crippen LogP contribution in [0.15, 0.2) is 36.4 Å². The van der Waals surface area contributed by atoms with Crippen LogP contribution in [-0.2, 0) is 40.6 Å². The van der Waals surface area contributed by atoms with Crippen molar-refractivity contribution in [1.29, 1.82) is 5.26 Å². The van der Waals surface area contributed by atoms with Crippen molar-refractivity contribution in [3.63, 3.8) is 0 Å². The van der Waals surface area contributed by atoms with Gasteiger partial charge in [-0.1, -0.05) is 32.0 Å². The van der Waals surface area contributed by atoms with Gasteiger partial charge in [0.15, 0.2) is 17.1 Å². The van der Waals surface area contributed by atoms with Crippen molar-refractivity contribution in [1.82, 2.24) is 15.3 Å². The molecule has 2 aromatic rings. The molecule has 1 fully saturated rings. The van der Waals surface area contributed by atoms with Gasteiger partial charge in [0.2, 0.25) is 5.75 Å². The van der Waals surface area contributed by atoms with E-state index in [0.717, 1.165) is 30.6 Å². The number of nitrogens with one attached hydrogen (secondary N) is 1. The van der Waals surface area contributed by atoms with Crippen molar-refractivity contribution >= 4 is 23.8 Å². The minimum atomic E-state index is -2.74. The third-order valence-electron chi connectivity index (χ3n) is 11.0. The molecule has 2 unspecified atom stereocenters. The first-order chi connectivity index (χ1) is 29.7. The maximum Gasteiger partial charge on any atom is 0.336 e. The van der Waals surface area contributed by atoms with Gasteiger partial charge in [-0.15, -0.1) is 10.1 Å². The summed E-state index contributed by atoms with van der Waals surface area (Å²) in [6.45, 7) is 8.01. The maximum atomic E-state index is 12.1. The Hall–Kier alpha value is -5.99. The van der Waals surface area contributed by atoms with Crippen LogP contribution in [0.3, 0.4) is 0 Å². The van der Waals surface area contributed by atoms with Crippen molar-refractivity contribution in [3.8, 4) is 29.1 Å². The van der Waals surface area contributed by atoms with E-state index in [0.29, 0.717) is 61.8 Å². The number of methoxy groups -OCH3 is 4. The number of nitriles is 1. The predicted octanol–water partition coefficient (Wildman–Crippen LogP) is 2.50. The van der Waals surface area contributed by atoms with Gasteiger partial charge < -0.3 is 59.3 Å². The number of carboxylic acid groups (broad SMARTS) is 3. The van der Waals surface area contributed by atoms with Crippen molar-refractivity contribution < 1.29 is 78.7 Å². The number of nitrogens with zero attached hydrogens (tertiary/aromatic N) is 4. The van der Waals surface area contributed by atoms with Crippen LogP contribution in [0, 0.1) is 27.4 Å². The summed E-state index contributed by atoms with van der Waals surface area (Å²) in [5.74, 6) is -3.11. The number of aliphatic hydroxyl groups is 1. The fourth-order valence-corrected chi connectivity index (χ4v) is 7.30. The van der Waals surface area contributed by atoms with Crippen LogP contribution >= 0.6 is 0 Å². The van der Waals surface area contributed by atoms with Crippen molar-refractivity contribution in [2.75, 3.05) is 68.3 Å². The Labute approximate surface area is 371 Å². The molecule has 0 saturated carbocycles. The van der Waals surface area contributed by atoms with E-state index in [1.165, 1.54) is 7.11 Å². The molecule has 1 heterocycles. The van der Waals surface area contributed by atoms with Gasteiger partial charge in [-0.25, -0.2) is 9.80 Å². The van der Waals surface area contributed by atoms with E-state index < -0.39 is 58.6 Å². The molecule has 1 amide bonds. The molecule has 7 N–H and O–H groups in total. The minimum Gasteiger partial charge on any atom is -0.493 e. The quantitative estimate of drug-likeness (QED) is 0.0706. The molecule has 2 aromatic carbocycles. The van der Waals surface area contributed by atoms with Crippen LogP contribution < -0.4 is 24.4 Å². The maximum absolute atomic E-state index is 12.1. The molecule has 358 valence electrons. The molecule has 64 heavy (non-hydrogen) atoms. The normalized spacial score (nSPS) is 14.8. The molecule has 0 spiro atoms. The molecule has 0 aliphatic carbocycles. The third kappa shape index (κ3) is 15.7. The van der Waals surface area contributed by atoms with Gasteiger partial charge in [-0.3, -0.25) is 19.8 Å². The predicted molar refractivity (Wildman–Crippen MR) is 228 cm³/mol. The smallest absolute Gasteiger partial charge is 0.336 e. The zero-order valence-electron chi connectivity index (χ0n) is 37.6. The number of carboxylic acids is 3. The molecule has 1 saturated heterocycles. The minimum absolute atomic E-state index is 0. The van der Waals surface area contributed by atoms with Crippen molar-refractivity contribution in [2.45, 2.75) is 88.4 Å². The number of benzene rings is 2. The number of hydrazine groups is 1. The summed E-state index contributed by atoms with van der Waals surface area (Å²) >= 11 is 0. The summed E-state index contributed by atoms with van der Waals surface area (Å²) in [6.07, 6.45) is -0.276. The first kappa shape index (κ1) is 56.0. The van der Waals surface area contributed by atoms with Crippen LogP contribution in [0.4, 0.5) is 0 Å². The van der Waals surface area contributed by atoms with E-state index in [-0.39, 0.29) is 23.9 Å². The highest BCUT2D eigenvalue weighted by atomic mass is 17.0. The number of carbonyl (C=O) groups is 4. The molecule has 3 rings (SSSR count). The van der Waals surface area contributed by atoms with E-state index in [1.54, 1.807) is 33.3 Å². The largest absolute Gasteiger partial charge is 0.493 e. The number of likely N-dealkylation sites (N-methyl/N-ethyl adjacent to an activating group) is 1. The Morgan fingerprint density at radius 1 is 0.953 bits per heavy atom. The Balaban J connectivity index is 0.00000126. The Morgan fingerprint density at radius 2 is 1.52 bits per heavy atom. The van der Waals surface area contributed by atoms with Crippen LogP contribution in [0.5, 0.6) is 23.0 Å². The first-order valence-electron chi connectivity index (χ1n) is 20.1. The van der Waals surface area contributed by atoms with Gasteiger partial charge in [0.05, 0.1) is 45.7 Å². The van der Waals surface area contributed by atoms with Gasteiger partial charge in [0, 0.05) is 39.6 Å².